The number of carbonyl (C=O) groups excluding carboxylic acids is 1. The first-order valence-corrected chi connectivity index (χ1v) is 9.76. The number of carbonyl (C=O) groups is 1. The molecule has 0 spiro atoms. The van der Waals surface area contributed by atoms with Gasteiger partial charge < -0.3 is 19.1 Å². The zero-order chi connectivity index (χ0) is 19.9. The number of hydrogen-bond donors (Lipinski definition) is 0. The molecule has 1 fully saturated rings. The third-order valence-electron chi connectivity index (χ3n) is 4.55. The summed E-state index contributed by atoms with van der Waals surface area (Å²) < 4.78 is 7.56. The summed E-state index contributed by atoms with van der Waals surface area (Å²) in [5.41, 5.74) is 2.65. The van der Waals surface area contributed by atoms with Crippen molar-refractivity contribution in [2.75, 3.05) is 31.1 Å². The molecule has 1 aliphatic heterocycles. The van der Waals surface area contributed by atoms with Gasteiger partial charge in [-0.05, 0) is 55.8 Å². The summed E-state index contributed by atoms with van der Waals surface area (Å²) in [6.45, 7) is 9.79. The number of anilines is 1. The number of ether oxygens (including phenoxy) is 1. The van der Waals surface area contributed by atoms with Crippen molar-refractivity contribution in [3.05, 3.63) is 32.7 Å². The van der Waals surface area contributed by atoms with Crippen molar-refractivity contribution in [2.24, 2.45) is 7.05 Å². The molecule has 2 aromatic heterocycles. The zero-order valence-electron chi connectivity index (χ0n) is 16.4. The van der Waals surface area contributed by atoms with Crippen LogP contribution in [-0.2, 0) is 11.8 Å². The molecule has 146 valence electrons. The van der Waals surface area contributed by atoms with E-state index in [1.165, 1.54) is 0 Å². The number of hydrogen-bond acceptors (Lipinski definition) is 5. The molecule has 0 aromatic carbocycles. The summed E-state index contributed by atoms with van der Waals surface area (Å²) in [5.74, 6) is 0. The molecular weight excluding hydrogens is 412 g/mol. The molecule has 8 heteroatoms. The first-order valence-electron chi connectivity index (χ1n) is 8.97. The molecule has 1 amide bonds. The lowest BCUT2D eigenvalue weighted by molar-refractivity contribution is 0.0240. The van der Waals surface area contributed by atoms with Gasteiger partial charge in [-0.3, -0.25) is 4.79 Å². The summed E-state index contributed by atoms with van der Waals surface area (Å²) in [4.78, 5) is 33.4. The molecule has 27 heavy (non-hydrogen) atoms. The van der Waals surface area contributed by atoms with Gasteiger partial charge in [-0.25, -0.2) is 9.78 Å². The second kappa shape index (κ2) is 7.14. The fourth-order valence-electron chi connectivity index (χ4n) is 3.18. The molecule has 0 N–H and O–H groups in total. The third kappa shape index (κ3) is 3.95. The number of piperazine rings is 1. The number of nitrogens with zero attached hydrogens (tertiary/aromatic N) is 4. The highest BCUT2D eigenvalue weighted by molar-refractivity contribution is 9.10. The Morgan fingerprint density at radius 1 is 1.19 bits per heavy atom. The average Bonchev–Trinajstić information content (AvgIpc) is 2.59. The van der Waals surface area contributed by atoms with Gasteiger partial charge in [0.2, 0.25) is 0 Å². The summed E-state index contributed by atoms with van der Waals surface area (Å²) in [5, 5.41) is 0. The zero-order valence-corrected chi connectivity index (χ0v) is 18.0. The van der Waals surface area contributed by atoms with Crippen molar-refractivity contribution < 1.29 is 9.53 Å². The van der Waals surface area contributed by atoms with Crippen molar-refractivity contribution >= 4 is 38.7 Å². The van der Waals surface area contributed by atoms with Gasteiger partial charge in [0.25, 0.3) is 5.56 Å². The number of amides is 1. The standard InChI is InChI=1S/C19H25BrN4O3/c1-12-6-7-13-15(21-12)16(14(20)17(25)22(13)5)23-8-10-24(11-9-23)18(26)27-19(2,3)4/h6-7H,8-11H2,1-5H3. The molecule has 0 unspecified atom stereocenters. The number of aryl methyl sites for hydroxylation is 2. The van der Waals surface area contributed by atoms with Gasteiger partial charge in [-0.2, -0.15) is 0 Å². The Labute approximate surface area is 167 Å². The molecule has 0 atom stereocenters. The minimum absolute atomic E-state index is 0.0993. The van der Waals surface area contributed by atoms with Gasteiger partial charge in [-0.15, -0.1) is 0 Å². The lowest BCUT2D eigenvalue weighted by Gasteiger charge is -2.37. The van der Waals surface area contributed by atoms with Gasteiger partial charge >= 0.3 is 6.09 Å². The molecule has 7 nitrogen and oxygen atoms in total. The lowest BCUT2D eigenvalue weighted by Crippen LogP contribution is -2.50. The fourth-order valence-corrected chi connectivity index (χ4v) is 3.89. The highest BCUT2D eigenvalue weighted by Gasteiger charge is 2.28. The molecule has 0 bridgehead atoms. The third-order valence-corrected chi connectivity index (χ3v) is 5.26. The van der Waals surface area contributed by atoms with Crippen LogP contribution in [0.25, 0.3) is 11.0 Å². The molecule has 0 saturated carbocycles. The number of pyridine rings is 2. The van der Waals surface area contributed by atoms with Crippen molar-refractivity contribution in [1.29, 1.82) is 0 Å². The Kier molecular flexibility index (Phi) is 5.20. The maximum Gasteiger partial charge on any atom is 0.410 e. The predicted molar refractivity (Wildman–Crippen MR) is 109 cm³/mol. The van der Waals surface area contributed by atoms with Crippen LogP contribution in [0.15, 0.2) is 21.4 Å². The fraction of sp³-hybridized carbons (Fsp3) is 0.526. The molecule has 1 saturated heterocycles. The van der Waals surface area contributed by atoms with E-state index in [0.29, 0.717) is 30.7 Å². The summed E-state index contributed by atoms with van der Waals surface area (Å²) in [6.07, 6.45) is -0.302. The van der Waals surface area contributed by atoms with E-state index in [2.05, 4.69) is 25.8 Å². The van der Waals surface area contributed by atoms with Gasteiger partial charge in [0.15, 0.2) is 0 Å². The summed E-state index contributed by atoms with van der Waals surface area (Å²) >= 11 is 3.48. The van der Waals surface area contributed by atoms with Crippen molar-refractivity contribution in [2.45, 2.75) is 33.3 Å². The SMILES string of the molecule is Cc1ccc2c(n1)c(N1CCN(C(=O)OC(C)(C)C)CC1)c(Br)c(=O)n2C. The first kappa shape index (κ1) is 19.7. The van der Waals surface area contributed by atoms with Gasteiger partial charge in [0.05, 0.1) is 11.2 Å². The molecule has 3 heterocycles. The van der Waals surface area contributed by atoms with E-state index in [0.717, 1.165) is 22.4 Å². The minimum Gasteiger partial charge on any atom is -0.444 e. The number of fused-ring (bicyclic) bond motifs is 1. The maximum atomic E-state index is 12.6. The molecule has 0 aliphatic carbocycles. The number of aromatic nitrogens is 2. The topological polar surface area (TPSA) is 67.7 Å². The van der Waals surface area contributed by atoms with Crippen LogP contribution in [0.3, 0.4) is 0 Å². The van der Waals surface area contributed by atoms with E-state index in [1.807, 2.05) is 39.8 Å². The summed E-state index contributed by atoms with van der Waals surface area (Å²) in [6, 6.07) is 3.83. The first-order chi connectivity index (χ1) is 12.6. The largest absolute Gasteiger partial charge is 0.444 e. The maximum absolute atomic E-state index is 12.6. The van der Waals surface area contributed by atoms with Crippen molar-refractivity contribution in [3.8, 4) is 0 Å². The molecular formula is C19H25BrN4O3. The normalized spacial score (nSPS) is 15.3. The monoisotopic (exact) mass is 436 g/mol. The quantitative estimate of drug-likeness (QED) is 0.686. The number of rotatable bonds is 1. The van der Waals surface area contributed by atoms with E-state index in [4.69, 9.17) is 4.74 Å². The smallest absolute Gasteiger partial charge is 0.410 e. The Balaban J connectivity index is 1.91. The van der Waals surface area contributed by atoms with E-state index < -0.39 is 5.60 Å². The van der Waals surface area contributed by atoms with E-state index in [1.54, 1.807) is 16.5 Å². The van der Waals surface area contributed by atoms with E-state index in [-0.39, 0.29) is 11.7 Å². The average molecular weight is 437 g/mol. The Morgan fingerprint density at radius 3 is 2.41 bits per heavy atom. The molecule has 3 rings (SSSR count). The predicted octanol–water partition coefficient (Wildman–Crippen LogP) is 3.06. The second-order valence-corrected chi connectivity index (χ2v) is 8.59. The van der Waals surface area contributed by atoms with Crippen LogP contribution >= 0.6 is 15.9 Å². The summed E-state index contributed by atoms with van der Waals surface area (Å²) in [7, 11) is 1.75. The van der Waals surface area contributed by atoms with Crippen molar-refractivity contribution in [1.82, 2.24) is 14.5 Å². The van der Waals surface area contributed by atoms with Crippen LogP contribution < -0.4 is 10.5 Å². The number of halogens is 1. The molecule has 1 aliphatic rings. The highest BCUT2D eigenvalue weighted by Crippen LogP contribution is 2.31. The second-order valence-electron chi connectivity index (χ2n) is 7.80. The van der Waals surface area contributed by atoms with Gasteiger partial charge in [0, 0.05) is 38.9 Å². The molecule has 2 aromatic rings. The Hall–Kier alpha value is -2.09. The van der Waals surface area contributed by atoms with Crippen LogP contribution in [0.5, 0.6) is 0 Å². The Morgan fingerprint density at radius 2 is 1.81 bits per heavy atom. The van der Waals surface area contributed by atoms with Crippen molar-refractivity contribution in [3.63, 3.8) is 0 Å². The van der Waals surface area contributed by atoms with E-state index in [9.17, 15) is 9.59 Å². The van der Waals surface area contributed by atoms with Crippen LogP contribution in [0, 0.1) is 6.92 Å². The van der Waals surface area contributed by atoms with E-state index >= 15 is 0 Å². The highest BCUT2D eigenvalue weighted by atomic mass is 79.9. The lowest BCUT2D eigenvalue weighted by atomic mass is 10.2. The Bertz CT molecular complexity index is 941. The minimum atomic E-state index is -0.513. The van der Waals surface area contributed by atoms with Crippen LogP contribution in [0.4, 0.5) is 10.5 Å². The van der Waals surface area contributed by atoms with Gasteiger partial charge in [0.1, 0.15) is 15.6 Å². The van der Waals surface area contributed by atoms with Gasteiger partial charge in [-0.1, -0.05) is 0 Å². The molecule has 0 radical (unpaired) electrons. The van der Waals surface area contributed by atoms with Crippen LogP contribution in [-0.4, -0.2) is 52.3 Å². The van der Waals surface area contributed by atoms with Crippen LogP contribution in [0.1, 0.15) is 26.5 Å². The van der Waals surface area contributed by atoms with Crippen LogP contribution in [0.2, 0.25) is 0 Å².